The van der Waals surface area contributed by atoms with E-state index in [-0.39, 0.29) is 11.3 Å². The number of carbonyl (C=O) groups excluding carboxylic acids is 1. The van der Waals surface area contributed by atoms with Gasteiger partial charge in [0.25, 0.3) is 5.91 Å². The molecule has 6 aromatic rings. The van der Waals surface area contributed by atoms with Gasteiger partial charge in [-0.25, -0.2) is 28.0 Å². The number of hydrogen-bond acceptors (Lipinski definition) is 11. The van der Waals surface area contributed by atoms with E-state index in [1.54, 1.807) is 37.6 Å². The van der Waals surface area contributed by atoms with Crippen molar-refractivity contribution < 1.29 is 23.0 Å². The number of pyridine rings is 1. The van der Waals surface area contributed by atoms with Gasteiger partial charge in [-0.15, -0.1) is 0 Å². The van der Waals surface area contributed by atoms with Crippen LogP contribution in [0, 0.1) is 18.6 Å². The first kappa shape index (κ1) is 39.1. The lowest BCUT2D eigenvalue weighted by Gasteiger charge is -2.43. The van der Waals surface area contributed by atoms with E-state index in [1.807, 2.05) is 40.7 Å². The molecule has 58 heavy (non-hydrogen) atoms. The number of amides is 1. The molecule has 3 aromatic carbocycles. The molecule has 0 atom stereocenters. The van der Waals surface area contributed by atoms with Crippen LogP contribution in [0.15, 0.2) is 85.2 Å². The molecule has 0 aliphatic carbocycles. The molecule has 5 heterocycles. The molecular weight excluding hydrogens is 761 g/mol. The van der Waals surface area contributed by atoms with Crippen molar-refractivity contribution in [2.24, 2.45) is 0 Å². The molecule has 0 radical (unpaired) electrons. The number of benzene rings is 3. The Morgan fingerprint density at radius 1 is 0.862 bits per heavy atom. The minimum Gasteiger partial charge on any atom is -0.496 e. The number of ether oxygens (including phenoxy) is 2. The van der Waals surface area contributed by atoms with E-state index in [0.717, 1.165) is 81.2 Å². The monoisotopic (exact) mass is 805 g/mol. The van der Waals surface area contributed by atoms with Crippen LogP contribution in [-0.4, -0.2) is 100 Å². The molecule has 2 aliphatic rings. The van der Waals surface area contributed by atoms with Gasteiger partial charge in [0.2, 0.25) is 5.95 Å². The molecule has 0 unspecified atom stereocenters. The van der Waals surface area contributed by atoms with E-state index in [2.05, 4.69) is 55.0 Å². The van der Waals surface area contributed by atoms with Crippen LogP contribution < -0.4 is 25.0 Å². The Bertz CT molecular complexity index is 2430. The molecular formula is C43H45F2N9O3S. The van der Waals surface area contributed by atoms with Crippen molar-refractivity contribution in [3.05, 3.63) is 108 Å². The summed E-state index contributed by atoms with van der Waals surface area (Å²) in [5.74, 6) is -1.29. The number of fused-ring (bicyclic) bond motifs is 1. The summed E-state index contributed by atoms with van der Waals surface area (Å²) in [6.07, 6.45) is 7.97. The average molecular weight is 806 g/mol. The summed E-state index contributed by atoms with van der Waals surface area (Å²) in [7, 11) is 3.09. The number of nitrogens with zero attached hydrogens (tertiary/aromatic N) is 7. The number of methoxy groups -OCH3 is 2. The van der Waals surface area contributed by atoms with E-state index in [0.29, 0.717) is 46.0 Å². The molecule has 3 aromatic heterocycles. The van der Waals surface area contributed by atoms with Crippen LogP contribution in [0.4, 0.5) is 31.8 Å². The van der Waals surface area contributed by atoms with Crippen LogP contribution in [0.25, 0.3) is 28.3 Å². The van der Waals surface area contributed by atoms with E-state index >= 15 is 0 Å². The minimum atomic E-state index is -0.894. The van der Waals surface area contributed by atoms with Gasteiger partial charge in [-0.1, -0.05) is 24.1 Å². The summed E-state index contributed by atoms with van der Waals surface area (Å²) in [6, 6.07) is 20.6. The van der Waals surface area contributed by atoms with Crippen LogP contribution >= 0.6 is 11.9 Å². The summed E-state index contributed by atoms with van der Waals surface area (Å²) in [5, 5.41) is 5.76. The second-order valence-electron chi connectivity index (χ2n) is 14.3. The molecule has 2 fully saturated rings. The predicted octanol–water partition coefficient (Wildman–Crippen LogP) is 7.92. The molecule has 2 N–H and O–H groups in total. The van der Waals surface area contributed by atoms with Crippen molar-refractivity contribution in [2.45, 2.75) is 25.8 Å². The van der Waals surface area contributed by atoms with E-state index in [4.69, 9.17) is 19.4 Å². The largest absolute Gasteiger partial charge is 0.496 e. The highest BCUT2D eigenvalue weighted by Gasteiger charge is 2.29. The van der Waals surface area contributed by atoms with Crippen molar-refractivity contribution in [3.63, 3.8) is 0 Å². The average Bonchev–Trinajstić information content (AvgIpc) is 3.65. The Kier molecular flexibility index (Phi) is 11.4. The smallest absolute Gasteiger partial charge is 0.259 e. The molecule has 2 aliphatic heterocycles. The molecule has 15 heteroatoms. The first-order valence-corrected chi connectivity index (χ1v) is 20.4. The SMILES string of the molecule is COc1cc(N2CCC(N3CCN(SC)CC3)CC2)c(C)cc1Nc1nccc(-c2c(-c3ccc(OC)c(C(=O)Nc4c(F)cccc4F)c3)nc3ccccn23)n1. The molecule has 300 valence electrons. The number of aromatic nitrogens is 4. The van der Waals surface area contributed by atoms with Gasteiger partial charge in [-0.05, 0) is 86.2 Å². The van der Waals surface area contributed by atoms with E-state index in [1.165, 1.54) is 13.2 Å². The lowest BCUT2D eigenvalue weighted by Crippen LogP contribution is -2.51. The highest BCUT2D eigenvalue weighted by atomic mass is 32.2. The zero-order valence-electron chi connectivity index (χ0n) is 32.8. The normalized spacial score (nSPS) is 15.4. The van der Waals surface area contributed by atoms with Crippen molar-refractivity contribution >= 4 is 46.5 Å². The maximum absolute atomic E-state index is 14.5. The standard InChI is InChI=1S/C43H45F2N9O3S/c1-27-24-34(37(57-3)26-35(27)52-18-14-29(15-19-52)51-20-22-53(58-4)23-21-51)48-43-46-16-13-33(47-43)41-39(49-38-10-5-6-17-54(38)41)28-11-12-36(56-2)30(25-28)42(55)50-40-31(44)8-7-9-32(40)45/h5-13,16-17,24-26,29H,14-15,18-23H2,1-4H3,(H,50,55)(H,46,47,48). The molecule has 12 nitrogen and oxygen atoms in total. The number of carbonyl (C=O) groups is 1. The van der Waals surface area contributed by atoms with E-state index in [9.17, 15) is 13.6 Å². The summed E-state index contributed by atoms with van der Waals surface area (Å²) in [4.78, 5) is 33.1. The lowest BCUT2D eigenvalue weighted by atomic mass is 10.0. The lowest BCUT2D eigenvalue weighted by molar-refractivity contribution is 0.102. The van der Waals surface area contributed by atoms with Gasteiger partial charge in [-0.3, -0.25) is 14.1 Å². The van der Waals surface area contributed by atoms with Crippen molar-refractivity contribution in [3.8, 4) is 34.1 Å². The van der Waals surface area contributed by atoms with Crippen molar-refractivity contribution in [1.82, 2.24) is 28.6 Å². The first-order valence-electron chi connectivity index (χ1n) is 19.2. The number of anilines is 4. The summed E-state index contributed by atoms with van der Waals surface area (Å²) >= 11 is 1.84. The number of hydrogen-bond donors (Lipinski definition) is 2. The Morgan fingerprint density at radius 2 is 1.62 bits per heavy atom. The molecule has 0 bridgehead atoms. The van der Waals surface area contributed by atoms with Gasteiger partial charge in [0.15, 0.2) is 0 Å². The fourth-order valence-corrected chi connectivity index (χ4v) is 8.48. The van der Waals surface area contributed by atoms with Gasteiger partial charge in [-0.2, -0.15) is 0 Å². The Labute approximate surface area is 340 Å². The number of imidazole rings is 1. The second kappa shape index (κ2) is 17.0. The molecule has 0 spiro atoms. The minimum absolute atomic E-state index is 0.0655. The Morgan fingerprint density at radius 3 is 2.34 bits per heavy atom. The van der Waals surface area contributed by atoms with Crippen molar-refractivity contribution in [2.75, 3.05) is 75.3 Å². The third-order valence-corrected chi connectivity index (χ3v) is 11.8. The molecule has 2 saturated heterocycles. The fourth-order valence-electron chi connectivity index (χ4n) is 7.95. The zero-order chi connectivity index (χ0) is 40.3. The molecule has 1 amide bonds. The highest BCUT2D eigenvalue weighted by Crippen LogP contribution is 2.38. The van der Waals surface area contributed by atoms with Crippen LogP contribution in [0.1, 0.15) is 28.8 Å². The quantitative estimate of drug-likeness (QED) is 0.125. The Hall–Kier alpha value is -5.77. The first-order chi connectivity index (χ1) is 28.2. The number of para-hydroxylation sites is 1. The molecule has 8 rings (SSSR count). The molecule has 0 saturated carbocycles. The number of piperazine rings is 1. The summed E-state index contributed by atoms with van der Waals surface area (Å²) in [6.45, 7) is 8.58. The summed E-state index contributed by atoms with van der Waals surface area (Å²) in [5.41, 5.74) is 5.45. The highest BCUT2D eigenvalue weighted by molar-refractivity contribution is 7.96. The zero-order valence-corrected chi connectivity index (χ0v) is 33.7. The van der Waals surface area contributed by atoms with Crippen molar-refractivity contribution in [1.29, 1.82) is 0 Å². The van der Waals surface area contributed by atoms with Crippen LogP contribution in [0.2, 0.25) is 0 Å². The number of nitrogens with one attached hydrogen (secondary N) is 2. The maximum atomic E-state index is 14.5. The third kappa shape index (κ3) is 7.89. The fraction of sp³-hybridized carbons (Fsp3) is 0.302. The van der Waals surface area contributed by atoms with Gasteiger partial charge in [0, 0.05) is 75.0 Å². The number of piperidine rings is 1. The topological polar surface area (TPSA) is 112 Å². The maximum Gasteiger partial charge on any atom is 0.259 e. The Balaban J connectivity index is 1.06. The van der Waals surface area contributed by atoms with E-state index < -0.39 is 23.2 Å². The number of rotatable bonds is 11. The van der Waals surface area contributed by atoms with Gasteiger partial charge in [0.05, 0.1) is 42.6 Å². The van der Waals surface area contributed by atoms with Gasteiger partial charge < -0.3 is 25.0 Å². The number of halogens is 2. The van der Waals surface area contributed by atoms with Gasteiger partial charge in [0.1, 0.15) is 34.5 Å². The van der Waals surface area contributed by atoms with Gasteiger partial charge >= 0.3 is 0 Å². The number of aryl methyl sites for hydroxylation is 1. The van der Waals surface area contributed by atoms with Crippen LogP contribution in [0.5, 0.6) is 11.5 Å². The summed E-state index contributed by atoms with van der Waals surface area (Å²) < 4.78 is 44.7. The van der Waals surface area contributed by atoms with Crippen LogP contribution in [-0.2, 0) is 0 Å². The van der Waals surface area contributed by atoms with Crippen LogP contribution in [0.3, 0.4) is 0 Å². The second-order valence-corrected chi connectivity index (χ2v) is 15.2. The third-order valence-electron chi connectivity index (χ3n) is 11.0. The predicted molar refractivity (Wildman–Crippen MR) is 225 cm³/mol.